The molecule has 0 aromatic carbocycles. The van der Waals surface area contributed by atoms with Crippen LogP contribution in [0.15, 0.2) is 0 Å². The molecule has 62 valence electrons. The Labute approximate surface area is 67.3 Å². The van der Waals surface area contributed by atoms with Crippen molar-refractivity contribution < 1.29 is 4.74 Å². The topological polar surface area (TPSA) is 21.3 Å². The molecule has 3 fully saturated rings. The van der Waals surface area contributed by atoms with Crippen LogP contribution in [0, 0.1) is 17.8 Å². The molecule has 1 heterocycles. The van der Waals surface area contributed by atoms with Crippen LogP contribution in [0.4, 0.5) is 0 Å². The average Bonchev–Trinajstić information content (AvgIpc) is 2.55. The van der Waals surface area contributed by atoms with Crippen molar-refractivity contribution in [3.05, 3.63) is 0 Å². The first-order chi connectivity index (χ1) is 5.40. The van der Waals surface area contributed by atoms with Crippen molar-refractivity contribution in [1.29, 1.82) is 0 Å². The van der Waals surface area contributed by atoms with E-state index in [1.165, 1.54) is 19.4 Å². The van der Waals surface area contributed by atoms with E-state index < -0.39 is 0 Å². The molecule has 3 rings (SSSR count). The molecule has 0 amide bonds. The lowest BCUT2D eigenvalue weighted by Gasteiger charge is -2.26. The Kier molecular flexibility index (Phi) is 1.16. The van der Waals surface area contributed by atoms with Crippen molar-refractivity contribution in [2.45, 2.75) is 25.0 Å². The molecule has 0 aromatic rings. The molecule has 3 aliphatic rings. The van der Waals surface area contributed by atoms with E-state index in [4.69, 9.17) is 4.74 Å². The summed E-state index contributed by atoms with van der Waals surface area (Å²) >= 11 is 0. The third kappa shape index (κ3) is 0.651. The summed E-state index contributed by atoms with van der Waals surface area (Å²) in [6, 6.07) is 0.712. The molecule has 0 unspecified atom stereocenters. The summed E-state index contributed by atoms with van der Waals surface area (Å²) in [5.41, 5.74) is 0. The van der Waals surface area contributed by atoms with Gasteiger partial charge in [-0.2, -0.15) is 0 Å². The number of hydrogen-bond donors (Lipinski definition) is 1. The Hall–Kier alpha value is -0.0800. The smallest absolute Gasteiger partial charge is 0.0755 e. The monoisotopic (exact) mass is 153 g/mol. The number of fused-ring (bicyclic) bond motifs is 1. The Bertz CT molecular complexity index is 180. The largest absolute Gasteiger partial charge is 0.380 e. The number of methoxy groups -OCH3 is 1. The van der Waals surface area contributed by atoms with Crippen LogP contribution in [0.25, 0.3) is 0 Å². The lowest BCUT2D eigenvalue weighted by atomic mass is 9.88. The fourth-order valence-electron chi connectivity index (χ4n) is 3.58. The van der Waals surface area contributed by atoms with Crippen molar-refractivity contribution >= 4 is 0 Å². The molecule has 2 aliphatic carbocycles. The van der Waals surface area contributed by atoms with Crippen LogP contribution in [-0.2, 0) is 4.74 Å². The summed E-state index contributed by atoms with van der Waals surface area (Å²) in [6.45, 7) is 1.26. The van der Waals surface area contributed by atoms with E-state index in [1.807, 2.05) is 7.11 Å². The second-order valence-electron chi connectivity index (χ2n) is 4.29. The minimum Gasteiger partial charge on any atom is -0.380 e. The molecule has 1 N–H and O–H groups in total. The van der Waals surface area contributed by atoms with E-state index in [0.29, 0.717) is 12.1 Å². The molecule has 0 aromatic heterocycles. The molecule has 11 heavy (non-hydrogen) atoms. The summed E-state index contributed by atoms with van der Waals surface area (Å²) in [5.74, 6) is 2.84. The number of ether oxygens (including phenoxy) is 1. The molecular formula is C9H15NO. The maximum absolute atomic E-state index is 5.51. The van der Waals surface area contributed by atoms with Crippen molar-refractivity contribution in [2.75, 3.05) is 13.7 Å². The lowest BCUT2D eigenvalue weighted by molar-refractivity contribution is 0.0401. The number of hydrogen-bond acceptors (Lipinski definition) is 2. The third-order valence-electron chi connectivity index (χ3n) is 3.95. The van der Waals surface area contributed by atoms with Crippen LogP contribution >= 0.6 is 0 Å². The zero-order chi connectivity index (χ0) is 7.42. The highest BCUT2D eigenvalue weighted by Crippen LogP contribution is 2.52. The third-order valence-corrected chi connectivity index (χ3v) is 3.95. The van der Waals surface area contributed by atoms with Crippen molar-refractivity contribution in [3.8, 4) is 0 Å². The van der Waals surface area contributed by atoms with E-state index >= 15 is 0 Å². The second-order valence-corrected chi connectivity index (χ2v) is 4.29. The lowest BCUT2D eigenvalue weighted by Crippen LogP contribution is -2.38. The minimum atomic E-state index is 0.541. The summed E-state index contributed by atoms with van der Waals surface area (Å²) in [6.07, 6.45) is 3.40. The Morgan fingerprint density at radius 1 is 1.27 bits per heavy atom. The molecular weight excluding hydrogens is 138 g/mol. The van der Waals surface area contributed by atoms with Gasteiger partial charge in [-0.1, -0.05) is 0 Å². The van der Waals surface area contributed by atoms with E-state index in [2.05, 4.69) is 5.32 Å². The summed E-state index contributed by atoms with van der Waals surface area (Å²) < 4.78 is 5.51. The predicted molar refractivity (Wildman–Crippen MR) is 42.3 cm³/mol. The maximum Gasteiger partial charge on any atom is 0.0755 e. The highest BCUT2D eigenvalue weighted by molar-refractivity contribution is 5.09. The molecule has 0 spiro atoms. The van der Waals surface area contributed by atoms with Gasteiger partial charge in [-0.05, 0) is 37.1 Å². The minimum absolute atomic E-state index is 0.541. The van der Waals surface area contributed by atoms with Crippen LogP contribution in [0.5, 0.6) is 0 Å². The second kappa shape index (κ2) is 1.99. The van der Waals surface area contributed by atoms with E-state index in [-0.39, 0.29) is 0 Å². The number of rotatable bonds is 1. The first-order valence-electron chi connectivity index (χ1n) is 4.66. The fourth-order valence-corrected chi connectivity index (χ4v) is 3.58. The Balaban J connectivity index is 1.92. The average molecular weight is 153 g/mol. The molecule has 1 saturated heterocycles. The Morgan fingerprint density at radius 2 is 2.18 bits per heavy atom. The van der Waals surface area contributed by atoms with Gasteiger partial charge in [0.05, 0.1) is 6.10 Å². The van der Waals surface area contributed by atoms with Crippen molar-refractivity contribution in [3.63, 3.8) is 0 Å². The van der Waals surface area contributed by atoms with Crippen LogP contribution < -0.4 is 5.32 Å². The summed E-state index contributed by atoms with van der Waals surface area (Å²) in [4.78, 5) is 0. The molecule has 2 bridgehead atoms. The summed E-state index contributed by atoms with van der Waals surface area (Å²) in [7, 11) is 1.86. The first kappa shape index (κ1) is 6.44. The normalized spacial score (nSPS) is 59.2. The van der Waals surface area contributed by atoms with Gasteiger partial charge in [-0.15, -0.1) is 0 Å². The van der Waals surface area contributed by atoms with Gasteiger partial charge in [-0.3, -0.25) is 0 Å². The molecule has 2 nitrogen and oxygen atoms in total. The SMILES string of the molecule is CO[C@@H]1[C@H]2C[C@@H]3CN[C@@H]1[C@H]3C2. The Morgan fingerprint density at radius 3 is 3.00 bits per heavy atom. The molecule has 2 heteroatoms. The standard InChI is InChI=1S/C9H15NO/c1-11-9-5-2-6-4-10-8(9)7(6)3-5/h5-10H,2-4H2,1H3/t5-,6+,7-,8+,9+/m0/s1. The zero-order valence-corrected chi connectivity index (χ0v) is 6.92. The fraction of sp³-hybridized carbons (Fsp3) is 1.00. The predicted octanol–water partition coefficient (Wildman–Crippen LogP) is 0.629. The van der Waals surface area contributed by atoms with Crippen molar-refractivity contribution in [1.82, 2.24) is 5.32 Å². The van der Waals surface area contributed by atoms with Crippen LogP contribution in [-0.4, -0.2) is 25.8 Å². The summed E-state index contributed by atoms with van der Waals surface area (Å²) in [5, 5.41) is 3.59. The van der Waals surface area contributed by atoms with Gasteiger partial charge >= 0.3 is 0 Å². The molecule has 5 atom stereocenters. The van der Waals surface area contributed by atoms with Crippen LogP contribution in [0.1, 0.15) is 12.8 Å². The first-order valence-corrected chi connectivity index (χ1v) is 4.66. The van der Waals surface area contributed by atoms with Crippen LogP contribution in [0.2, 0.25) is 0 Å². The molecule has 1 aliphatic heterocycles. The molecule has 2 saturated carbocycles. The van der Waals surface area contributed by atoms with E-state index in [0.717, 1.165) is 17.8 Å². The van der Waals surface area contributed by atoms with Crippen LogP contribution in [0.3, 0.4) is 0 Å². The van der Waals surface area contributed by atoms with Gasteiger partial charge < -0.3 is 10.1 Å². The quantitative estimate of drug-likeness (QED) is 0.596. The van der Waals surface area contributed by atoms with E-state index in [1.54, 1.807) is 0 Å². The molecule has 0 radical (unpaired) electrons. The zero-order valence-electron chi connectivity index (χ0n) is 6.92. The highest BCUT2D eigenvalue weighted by Gasteiger charge is 2.56. The highest BCUT2D eigenvalue weighted by atomic mass is 16.5. The van der Waals surface area contributed by atoms with Gasteiger partial charge in [0.2, 0.25) is 0 Å². The maximum atomic E-state index is 5.51. The van der Waals surface area contributed by atoms with Crippen molar-refractivity contribution in [2.24, 2.45) is 17.8 Å². The van der Waals surface area contributed by atoms with E-state index in [9.17, 15) is 0 Å². The van der Waals surface area contributed by atoms with Gasteiger partial charge in [0.1, 0.15) is 0 Å². The number of nitrogens with one attached hydrogen (secondary N) is 1. The van der Waals surface area contributed by atoms with Gasteiger partial charge in [0.15, 0.2) is 0 Å². The van der Waals surface area contributed by atoms with Gasteiger partial charge in [-0.25, -0.2) is 0 Å². The van der Waals surface area contributed by atoms with Gasteiger partial charge in [0, 0.05) is 13.2 Å². The van der Waals surface area contributed by atoms with Gasteiger partial charge in [0.25, 0.3) is 0 Å².